The molecule has 0 spiro atoms. The molecule has 0 aliphatic rings. The van der Waals surface area contributed by atoms with Gasteiger partial charge in [0.2, 0.25) is 5.91 Å². The molecule has 0 aliphatic heterocycles. The number of nitrogens with zero attached hydrogens (tertiary/aromatic N) is 3. The minimum absolute atomic E-state index is 0.00196. The molecular weight excluding hydrogens is 312 g/mol. The fourth-order valence-electron chi connectivity index (χ4n) is 2.88. The van der Waals surface area contributed by atoms with E-state index in [1.54, 1.807) is 10.9 Å². The predicted octanol–water partition coefficient (Wildman–Crippen LogP) is 3.51. The van der Waals surface area contributed by atoms with Crippen molar-refractivity contribution in [3.8, 4) is 0 Å². The van der Waals surface area contributed by atoms with Gasteiger partial charge in [-0.15, -0.1) is 0 Å². The maximum Gasteiger partial charge on any atom is 0.224 e. The highest BCUT2D eigenvalue weighted by Gasteiger charge is 2.13. The van der Waals surface area contributed by atoms with Crippen molar-refractivity contribution in [3.05, 3.63) is 59.5 Å². The number of nitrogens with one attached hydrogen (secondary N) is 1. The molecule has 0 aliphatic carbocycles. The normalized spacial score (nSPS) is 12.5. The van der Waals surface area contributed by atoms with Crippen LogP contribution in [0, 0.1) is 0 Å². The number of carbonyl (C=O) groups is 1. The van der Waals surface area contributed by atoms with Gasteiger partial charge in [0.1, 0.15) is 5.52 Å². The average molecular weight is 336 g/mol. The number of pyridine rings is 1. The van der Waals surface area contributed by atoms with Crippen LogP contribution in [0.1, 0.15) is 49.6 Å². The largest absolute Gasteiger partial charge is 0.348 e. The summed E-state index contributed by atoms with van der Waals surface area (Å²) in [5.41, 5.74) is 4.00. The Morgan fingerprint density at radius 1 is 1.20 bits per heavy atom. The van der Waals surface area contributed by atoms with Crippen molar-refractivity contribution in [3.63, 3.8) is 0 Å². The summed E-state index contributed by atoms with van der Waals surface area (Å²) in [6.45, 7) is 6.27. The topological polar surface area (TPSA) is 59.8 Å². The molecule has 0 radical (unpaired) electrons. The Morgan fingerprint density at radius 3 is 2.60 bits per heavy atom. The van der Waals surface area contributed by atoms with Crippen molar-refractivity contribution < 1.29 is 4.79 Å². The highest BCUT2D eigenvalue weighted by atomic mass is 16.1. The zero-order chi connectivity index (χ0) is 18.0. The molecule has 0 saturated heterocycles. The van der Waals surface area contributed by atoms with Gasteiger partial charge in [-0.25, -0.2) is 0 Å². The van der Waals surface area contributed by atoms with Gasteiger partial charge in [0.05, 0.1) is 24.4 Å². The maximum atomic E-state index is 12.3. The quantitative estimate of drug-likeness (QED) is 0.775. The Morgan fingerprint density at radius 2 is 1.92 bits per heavy atom. The van der Waals surface area contributed by atoms with Gasteiger partial charge in [-0.2, -0.15) is 5.10 Å². The average Bonchev–Trinajstić information content (AvgIpc) is 2.94. The van der Waals surface area contributed by atoms with E-state index in [-0.39, 0.29) is 11.9 Å². The summed E-state index contributed by atoms with van der Waals surface area (Å²) in [5, 5.41) is 8.37. The van der Waals surface area contributed by atoms with E-state index < -0.39 is 0 Å². The smallest absolute Gasteiger partial charge is 0.224 e. The Bertz CT molecular complexity index is 880. The Kier molecular flexibility index (Phi) is 4.83. The lowest BCUT2D eigenvalue weighted by Gasteiger charge is -2.14. The summed E-state index contributed by atoms with van der Waals surface area (Å²) < 4.78 is 1.76. The molecule has 130 valence electrons. The van der Waals surface area contributed by atoms with Crippen molar-refractivity contribution in [2.45, 2.75) is 39.2 Å². The first-order valence-corrected chi connectivity index (χ1v) is 8.60. The van der Waals surface area contributed by atoms with Crippen LogP contribution in [0.3, 0.4) is 0 Å². The van der Waals surface area contributed by atoms with E-state index in [1.165, 1.54) is 5.56 Å². The summed E-state index contributed by atoms with van der Waals surface area (Å²) >= 11 is 0. The van der Waals surface area contributed by atoms with Crippen LogP contribution in [0.25, 0.3) is 10.9 Å². The molecule has 3 aromatic rings. The molecule has 5 heteroatoms. The van der Waals surface area contributed by atoms with Crippen molar-refractivity contribution >= 4 is 16.8 Å². The number of carbonyl (C=O) groups excluding carboxylic acids is 1. The number of benzene rings is 1. The lowest BCUT2D eigenvalue weighted by Crippen LogP contribution is -2.28. The monoisotopic (exact) mass is 336 g/mol. The molecule has 0 bridgehead atoms. The standard InChI is InChI=1S/C20H24N4O/c1-13(2)16-7-5-15(6-8-16)9-20(25)22-14(3)18-10-17-12-24(4)23-19(17)11-21-18/h5-8,10-14H,9H2,1-4H3,(H,22,25). The molecule has 3 rings (SSSR count). The molecule has 2 heterocycles. The van der Waals surface area contributed by atoms with E-state index in [4.69, 9.17) is 0 Å². The third kappa shape index (κ3) is 4.05. The van der Waals surface area contributed by atoms with Gasteiger partial charge in [-0.1, -0.05) is 38.1 Å². The lowest BCUT2D eigenvalue weighted by molar-refractivity contribution is -0.121. The molecule has 1 amide bonds. The van der Waals surface area contributed by atoms with E-state index >= 15 is 0 Å². The zero-order valence-corrected chi connectivity index (χ0v) is 15.2. The number of aromatic nitrogens is 3. The lowest BCUT2D eigenvalue weighted by atomic mass is 10.0. The van der Waals surface area contributed by atoms with Crippen LogP contribution in [0.5, 0.6) is 0 Å². The minimum atomic E-state index is -0.146. The van der Waals surface area contributed by atoms with E-state index in [9.17, 15) is 4.79 Å². The zero-order valence-electron chi connectivity index (χ0n) is 15.2. The predicted molar refractivity (Wildman–Crippen MR) is 99.3 cm³/mol. The molecule has 1 N–H and O–H groups in total. The van der Waals surface area contributed by atoms with E-state index in [1.807, 2.05) is 38.4 Å². The van der Waals surface area contributed by atoms with Crippen molar-refractivity contribution in [2.24, 2.45) is 7.05 Å². The number of amides is 1. The van der Waals surface area contributed by atoms with Gasteiger partial charge < -0.3 is 5.32 Å². The highest BCUT2D eigenvalue weighted by molar-refractivity contribution is 5.80. The minimum Gasteiger partial charge on any atom is -0.348 e. The van der Waals surface area contributed by atoms with Gasteiger partial charge in [0.25, 0.3) is 0 Å². The first-order chi connectivity index (χ1) is 11.9. The van der Waals surface area contributed by atoms with Crippen LogP contribution in [0.2, 0.25) is 0 Å². The van der Waals surface area contributed by atoms with E-state index in [0.717, 1.165) is 22.2 Å². The fraction of sp³-hybridized carbons (Fsp3) is 0.350. The first kappa shape index (κ1) is 17.1. The maximum absolute atomic E-state index is 12.3. The molecule has 1 unspecified atom stereocenters. The van der Waals surface area contributed by atoms with Crippen LogP contribution >= 0.6 is 0 Å². The molecule has 25 heavy (non-hydrogen) atoms. The number of hydrogen-bond acceptors (Lipinski definition) is 3. The molecule has 0 saturated carbocycles. The number of hydrogen-bond donors (Lipinski definition) is 1. The van der Waals surface area contributed by atoms with Gasteiger partial charge in [-0.3, -0.25) is 14.5 Å². The van der Waals surface area contributed by atoms with Crippen molar-refractivity contribution in [1.29, 1.82) is 0 Å². The highest BCUT2D eigenvalue weighted by Crippen LogP contribution is 2.17. The van der Waals surface area contributed by atoms with Crippen LogP contribution in [-0.2, 0) is 18.3 Å². The first-order valence-electron chi connectivity index (χ1n) is 8.60. The summed E-state index contributed by atoms with van der Waals surface area (Å²) in [6.07, 6.45) is 4.07. The van der Waals surface area contributed by atoms with E-state index in [2.05, 4.69) is 41.4 Å². The fourth-order valence-corrected chi connectivity index (χ4v) is 2.88. The van der Waals surface area contributed by atoms with Crippen LogP contribution in [-0.4, -0.2) is 20.7 Å². The molecule has 0 fully saturated rings. The van der Waals surface area contributed by atoms with Crippen LogP contribution in [0.15, 0.2) is 42.7 Å². The van der Waals surface area contributed by atoms with Gasteiger partial charge in [-0.05, 0) is 30.0 Å². The summed E-state index contributed by atoms with van der Waals surface area (Å²) in [4.78, 5) is 16.7. The second-order valence-electron chi connectivity index (χ2n) is 6.83. The Labute approximate surface area is 148 Å². The second kappa shape index (κ2) is 7.05. The molecular formula is C20H24N4O. The number of aryl methyl sites for hydroxylation is 1. The van der Waals surface area contributed by atoms with E-state index in [0.29, 0.717) is 12.3 Å². The summed E-state index contributed by atoms with van der Waals surface area (Å²) in [6, 6.07) is 10.1. The van der Waals surface area contributed by atoms with Crippen molar-refractivity contribution in [1.82, 2.24) is 20.1 Å². The Balaban J connectivity index is 1.64. The summed E-state index contributed by atoms with van der Waals surface area (Å²) in [5.74, 6) is 0.495. The third-order valence-electron chi connectivity index (χ3n) is 4.36. The molecule has 2 aromatic heterocycles. The third-order valence-corrected chi connectivity index (χ3v) is 4.36. The van der Waals surface area contributed by atoms with Gasteiger partial charge in [0.15, 0.2) is 0 Å². The number of fused-ring (bicyclic) bond motifs is 1. The second-order valence-corrected chi connectivity index (χ2v) is 6.83. The van der Waals surface area contributed by atoms with Crippen LogP contribution in [0.4, 0.5) is 0 Å². The summed E-state index contributed by atoms with van der Waals surface area (Å²) in [7, 11) is 1.88. The molecule has 1 aromatic carbocycles. The van der Waals surface area contributed by atoms with Gasteiger partial charge >= 0.3 is 0 Å². The SMILES string of the molecule is CC(C)c1ccc(CC(=O)NC(C)c2cc3cn(C)nc3cn2)cc1. The number of rotatable bonds is 5. The molecule has 5 nitrogen and oxygen atoms in total. The Hall–Kier alpha value is -2.69. The van der Waals surface area contributed by atoms with Gasteiger partial charge in [0, 0.05) is 18.6 Å². The van der Waals surface area contributed by atoms with Crippen LogP contribution < -0.4 is 5.32 Å². The molecule has 1 atom stereocenters. The van der Waals surface area contributed by atoms with Crippen molar-refractivity contribution in [2.75, 3.05) is 0 Å².